The molecule has 1 amide bonds. The highest BCUT2D eigenvalue weighted by atomic mass is 32.2. The molecule has 0 unspecified atom stereocenters. The number of ether oxygens (including phenoxy) is 1. The number of carbonyl (C=O) groups excluding carboxylic acids is 1. The predicted octanol–water partition coefficient (Wildman–Crippen LogP) is 6.16. The van der Waals surface area contributed by atoms with Crippen molar-refractivity contribution in [3.63, 3.8) is 0 Å². The van der Waals surface area contributed by atoms with Crippen LogP contribution in [0.5, 0.6) is 5.75 Å². The summed E-state index contributed by atoms with van der Waals surface area (Å²) in [5, 5.41) is 13.0. The van der Waals surface area contributed by atoms with Crippen LogP contribution in [-0.2, 0) is 36.5 Å². The SMILES string of the molecule is COc1ccccc1CNC(=O)CCCCc1nnc(SCc2ccc(C)cc2)n1CCc1ccccc1. The van der Waals surface area contributed by atoms with E-state index in [-0.39, 0.29) is 5.91 Å². The smallest absolute Gasteiger partial charge is 0.220 e. The first-order valence-electron chi connectivity index (χ1n) is 13.2. The summed E-state index contributed by atoms with van der Waals surface area (Å²) in [4.78, 5) is 12.4. The van der Waals surface area contributed by atoms with Gasteiger partial charge in [-0.15, -0.1) is 10.2 Å². The zero-order valence-electron chi connectivity index (χ0n) is 22.2. The topological polar surface area (TPSA) is 69.0 Å². The Morgan fingerprint density at radius 2 is 1.66 bits per heavy atom. The summed E-state index contributed by atoms with van der Waals surface area (Å²) in [6.45, 7) is 3.41. The number of benzene rings is 3. The van der Waals surface area contributed by atoms with E-state index >= 15 is 0 Å². The van der Waals surface area contributed by atoms with Gasteiger partial charge in [0.05, 0.1) is 7.11 Å². The number of nitrogens with one attached hydrogen (secondary N) is 1. The molecule has 1 N–H and O–H groups in total. The molecule has 7 heteroatoms. The Balaban J connectivity index is 1.30. The maximum absolute atomic E-state index is 12.4. The molecular weight excluding hydrogens is 492 g/mol. The van der Waals surface area contributed by atoms with Gasteiger partial charge in [-0.2, -0.15) is 0 Å². The molecule has 0 saturated carbocycles. The summed E-state index contributed by atoms with van der Waals surface area (Å²) in [5.41, 5.74) is 4.82. The summed E-state index contributed by atoms with van der Waals surface area (Å²) in [5.74, 6) is 2.69. The molecule has 0 spiro atoms. The highest BCUT2D eigenvalue weighted by Crippen LogP contribution is 2.24. The number of carbonyl (C=O) groups is 1. The second-order valence-electron chi connectivity index (χ2n) is 9.36. The van der Waals surface area contributed by atoms with Crippen molar-refractivity contribution in [2.75, 3.05) is 7.11 Å². The number of hydrogen-bond acceptors (Lipinski definition) is 5. The number of aromatic nitrogens is 3. The Kier molecular flexibility index (Phi) is 10.4. The van der Waals surface area contributed by atoms with Crippen molar-refractivity contribution in [2.24, 2.45) is 0 Å². The monoisotopic (exact) mass is 528 g/mol. The molecule has 198 valence electrons. The second kappa shape index (κ2) is 14.4. The van der Waals surface area contributed by atoms with Gasteiger partial charge in [-0.3, -0.25) is 4.79 Å². The van der Waals surface area contributed by atoms with Crippen LogP contribution in [-0.4, -0.2) is 27.8 Å². The molecule has 1 heterocycles. The third-order valence-electron chi connectivity index (χ3n) is 6.47. The molecule has 0 bridgehead atoms. The third kappa shape index (κ3) is 8.21. The minimum Gasteiger partial charge on any atom is -0.496 e. The van der Waals surface area contributed by atoms with Crippen molar-refractivity contribution in [1.82, 2.24) is 20.1 Å². The van der Waals surface area contributed by atoms with E-state index < -0.39 is 0 Å². The largest absolute Gasteiger partial charge is 0.496 e. The van der Waals surface area contributed by atoms with E-state index in [0.717, 1.165) is 60.3 Å². The van der Waals surface area contributed by atoms with Crippen LogP contribution < -0.4 is 10.1 Å². The van der Waals surface area contributed by atoms with Gasteiger partial charge in [0.2, 0.25) is 5.91 Å². The summed E-state index contributed by atoms with van der Waals surface area (Å²) < 4.78 is 7.62. The first kappa shape index (κ1) is 27.5. The van der Waals surface area contributed by atoms with Crippen LogP contribution in [0.25, 0.3) is 0 Å². The molecule has 0 aliphatic rings. The van der Waals surface area contributed by atoms with Gasteiger partial charge in [-0.1, -0.05) is 90.1 Å². The molecule has 0 aliphatic carbocycles. The molecule has 6 nitrogen and oxygen atoms in total. The van der Waals surface area contributed by atoms with E-state index in [9.17, 15) is 4.79 Å². The number of thioether (sulfide) groups is 1. The molecule has 1 aromatic heterocycles. The first-order valence-corrected chi connectivity index (χ1v) is 14.1. The van der Waals surface area contributed by atoms with Crippen LogP contribution in [0.4, 0.5) is 0 Å². The second-order valence-corrected chi connectivity index (χ2v) is 10.3. The van der Waals surface area contributed by atoms with Crippen LogP contribution in [0.1, 0.15) is 47.3 Å². The maximum Gasteiger partial charge on any atom is 0.220 e. The highest BCUT2D eigenvalue weighted by Gasteiger charge is 2.14. The zero-order valence-corrected chi connectivity index (χ0v) is 23.0. The minimum absolute atomic E-state index is 0.0517. The molecule has 38 heavy (non-hydrogen) atoms. The number of para-hydroxylation sites is 1. The standard InChI is InChI=1S/C31H36N4O2S/c1-24-16-18-26(19-17-24)23-38-31-34-33-29(35(31)21-20-25-10-4-3-5-11-25)14-8-9-15-30(36)32-22-27-12-6-7-13-28(27)37-2/h3-7,10-13,16-19H,8-9,14-15,20-23H2,1-2H3,(H,32,36). The van der Waals surface area contributed by atoms with E-state index in [4.69, 9.17) is 4.74 Å². The Labute approximate surface area is 229 Å². The number of aryl methyl sites for hydroxylation is 3. The van der Waals surface area contributed by atoms with Gasteiger partial charge >= 0.3 is 0 Å². The normalized spacial score (nSPS) is 10.9. The average molecular weight is 529 g/mol. The number of hydrogen-bond donors (Lipinski definition) is 1. The summed E-state index contributed by atoms with van der Waals surface area (Å²) in [6.07, 6.45) is 3.90. The Hall–Kier alpha value is -3.58. The molecular formula is C31H36N4O2S. The molecule has 4 aromatic rings. The van der Waals surface area contributed by atoms with Crippen LogP contribution >= 0.6 is 11.8 Å². The Morgan fingerprint density at radius 1 is 0.895 bits per heavy atom. The van der Waals surface area contributed by atoms with Crippen molar-refractivity contribution in [3.8, 4) is 5.75 Å². The van der Waals surface area contributed by atoms with E-state index in [1.807, 2.05) is 30.3 Å². The predicted molar refractivity (Wildman–Crippen MR) is 153 cm³/mol. The molecule has 0 aliphatic heterocycles. The van der Waals surface area contributed by atoms with Crippen LogP contribution in [0.3, 0.4) is 0 Å². The fourth-order valence-electron chi connectivity index (χ4n) is 4.25. The Bertz CT molecular complexity index is 1290. The van der Waals surface area contributed by atoms with Crippen molar-refractivity contribution < 1.29 is 9.53 Å². The van der Waals surface area contributed by atoms with Gasteiger partial charge in [-0.05, 0) is 43.4 Å². The van der Waals surface area contributed by atoms with Crippen LogP contribution in [0.15, 0.2) is 84.0 Å². The molecule has 0 fully saturated rings. The number of methoxy groups -OCH3 is 1. The van der Waals surface area contributed by atoms with Gasteiger partial charge in [0.15, 0.2) is 5.16 Å². The van der Waals surface area contributed by atoms with E-state index in [0.29, 0.717) is 13.0 Å². The Morgan fingerprint density at radius 3 is 2.45 bits per heavy atom. The first-order chi connectivity index (χ1) is 18.6. The van der Waals surface area contributed by atoms with E-state index in [2.05, 4.69) is 75.5 Å². The van der Waals surface area contributed by atoms with Gasteiger partial charge in [-0.25, -0.2) is 0 Å². The number of nitrogens with zero attached hydrogens (tertiary/aromatic N) is 3. The zero-order chi connectivity index (χ0) is 26.6. The summed E-state index contributed by atoms with van der Waals surface area (Å²) >= 11 is 1.73. The molecule has 3 aromatic carbocycles. The number of amides is 1. The lowest BCUT2D eigenvalue weighted by Crippen LogP contribution is -2.22. The quantitative estimate of drug-likeness (QED) is 0.157. The van der Waals surface area contributed by atoms with Gasteiger partial charge in [0.25, 0.3) is 0 Å². The van der Waals surface area contributed by atoms with Gasteiger partial charge < -0.3 is 14.6 Å². The van der Waals surface area contributed by atoms with Gasteiger partial charge in [0.1, 0.15) is 11.6 Å². The van der Waals surface area contributed by atoms with Gasteiger partial charge in [0, 0.05) is 37.2 Å². The fourth-order valence-corrected chi connectivity index (χ4v) is 5.19. The average Bonchev–Trinajstić information content (AvgIpc) is 3.34. The van der Waals surface area contributed by atoms with Crippen molar-refractivity contribution >= 4 is 17.7 Å². The van der Waals surface area contributed by atoms with Crippen molar-refractivity contribution in [2.45, 2.75) is 63.0 Å². The van der Waals surface area contributed by atoms with E-state index in [1.54, 1.807) is 18.9 Å². The van der Waals surface area contributed by atoms with Crippen molar-refractivity contribution in [3.05, 3.63) is 107 Å². The lowest BCUT2D eigenvalue weighted by atomic mass is 10.1. The lowest BCUT2D eigenvalue weighted by molar-refractivity contribution is -0.121. The minimum atomic E-state index is 0.0517. The number of rotatable bonds is 14. The van der Waals surface area contributed by atoms with Crippen LogP contribution in [0.2, 0.25) is 0 Å². The molecule has 0 atom stereocenters. The fraction of sp³-hybridized carbons (Fsp3) is 0.323. The molecule has 4 rings (SSSR count). The number of unbranched alkanes of at least 4 members (excludes halogenated alkanes) is 1. The maximum atomic E-state index is 12.4. The van der Waals surface area contributed by atoms with Crippen LogP contribution in [0, 0.1) is 6.92 Å². The summed E-state index contributed by atoms with van der Waals surface area (Å²) in [7, 11) is 1.64. The molecule has 0 radical (unpaired) electrons. The van der Waals surface area contributed by atoms with Crippen molar-refractivity contribution in [1.29, 1.82) is 0 Å². The third-order valence-corrected chi connectivity index (χ3v) is 7.51. The molecule has 0 saturated heterocycles. The lowest BCUT2D eigenvalue weighted by Gasteiger charge is -2.11. The highest BCUT2D eigenvalue weighted by molar-refractivity contribution is 7.98. The summed E-state index contributed by atoms with van der Waals surface area (Å²) in [6, 6.07) is 26.9. The van der Waals surface area contributed by atoms with E-state index in [1.165, 1.54) is 16.7 Å².